The number of ether oxygens (including phenoxy) is 1. The zero-order valence-electron chi connectivity index (χ0n) is 12.4. The van der Waals surface area contributed by atoms with Crippen LogP contribution in [-0.4, -0.2) is 16.4 Å². The Balaban J connectivity index is 2.00. The Morgan fingerprint density at radius 3 is 2.95 bits per heavy atom. The van der Waals surface area contributed by atoms with E-state index in [0.717, 1.165) is 30.3 Å². The quantitative estimate of drug-likeness (QED) is 0.744. The number of aromatic nitrogens is 2. The van der Waals surface area contributed by atoms with Crippen molar-refractivity contribution in [2.45, 2.75) is 39.3 Å². The molecule has 1 aromatic carbocycles. The second-order valence-corrected chi connectivity index (χ2v) is 5.71. The Bertz CT molecular complexity index is 703. The minimum atomic E-state index is -0.452. The predicted octanol–water partition coefficient (Wildman–Crippen LogP) is 3.88. The molecule has 1 atom stereocenters. The summed E-state index contributed by atoms with van der Waals surface area (Å²) >= 11 is 0. The molecule has 0 radical (unpaired) electrons. The number of hydrogen-bond donors (Lipinski definition) is 0. The van der Waals surface area contributed by atoms with Gasteiger partial charge >= 0.3 is 0 Å². The van der Waals surface area contributed by atoms with E-state index in [4.69, 9.17) is 4.74 Å². The van der Waals surface area contributed by atoms with Crippen molar-refractivity contribution in [1.29, 1.82) is 0 Å². The van der Waals surface area contributed by atoms with Crippen molar-refractivity contribution in [3.8, 4) is 11.8 Å². The molecular weight excluding hydrogens is 267 g/mol. The van der Waals surface area contributed by atoms with Crippen LogP contribution in [0.4, 0.5) is 4.39 Å². The molecule has 21 heavy (non-hydrogen) atoms. The normalized spacial score (nSPS) is 18.8. The zero-order valence-corrected chi connectivity index (χ0v) is 12.4. The first-order valence-electron chi connectivity index (χ1n) is 7.46. The monoisotopic (exact) mass is 286 g/mol. The van der Waals surface area contributed by atoms with Crippen molar-refractivity contribution in [3.05, 3.63) is 29.7 Å². The fraction of sp³-hybridized carbons (Fsp3) is 0.471. The van der Waals surface area contributed by atoms with Gasteiger partial charge in [0.05, 0.1) is 10.9 Å². The maximum Gasteiger partial charge on any atom is 0.240 e. The topological polar surface area (TPSA) is 27.1 Å². The maximum absolute atomic E-state index is 14.1. The van der Waals surface area contributed by atoms with E-state index in [9.17, 15) is 4.39 Å². The fourth-order valence-corrected chi connectivity index (χ4v) is 2.54. The number of fused-ring (bicyclic) bond motifs is 1. The van der Waals surface area contributed by atoms with E-state index < -0.39 is 5.95 Å². The highest BCUT2D eigenvalue weighted by atomic mass is 19.1. The molecule has 1 aromatic heterocycles. The largest absolute Gasteiger partial charge is 0.356 e. The van der Waals surface area contributed by atoms with Gasteiger partial charge in [-0.3, -0.25) is 0 Å². The molecule has 1 aliphatic rings. The summed E-state index contributed by atoms with van der Waals surface area (Å²) in [6.07, 6.45) is 2.88. The Hall–Kier alpha value is -1.86. The van der Waals surface area contributed by atoms with Crippen molar-refractivity contribution >= 4 is 10.9 Å². The Morgan fingerprint density at radius 1 is 1.38 bits per heavy atom. The second-order valence-electron chi connectivity index (χ2n) is 5.71. The average Bonchev–Trinajstić information content (AvgIpc) is 2.83. The zero-order chi connectivity index (χ0) is 14.8. The second kappa shape index (κ2) is 5.87. The molecule has 1 unspecified atom stereocenters. The van der Waals surface area contributed by atoms with Crippen LogP contribution in [0, 0.1) is 23.7 Å². The summed E-state index contributed by atoms with van der Waals surface area (Å²) in [6.45, 7) is 4.78. The lowest BCUT2D eigenvalue weighted by molar-refractivity contribution is -0.0375. The Labute approximate surface area is 124 Å². The average molecular weight is 286 g/mol. The van der Waals surface area contributed by atoms with Gasteiger partial charge in [0.2, 0.25) is 5.95 Å². The lowest BCUT2D eigenvalue weighted by Crippen LogP contribution is -2.19. The van der Waals surface area contributed by atoms with Crippen molar-refractivity contribution in [2.24, 2.45) is 5.92 Å². The van der Waals surface area contributed by atoms with Crippen LogP contribution in [0.5, 0.6) is 0 Å². The molecule has 3 rings (SSSR count). The van der Waals surface area contributed by atoms with E-state index in [1.807, 2.05) is 26.0 Å². The van der Waals surface area contributed by atoms with Gasteiger partial charge in [-0.05, 0) is 37.5 Å². The van der Waals surface area contributed by atoms with E-state index in [0.29, 0.717) is 17.9 Å². The molecule has 3 nitrogen and oxygen atoms in total. The molecule has 0 amide bonds. The maximum atomic E-state index is 14.1. The summed E-state index contributed by atoms with van der Waals surface area (Å²) in [4.78, 5) is 0. The number of halogens is 1. The van der Waals surface area contributed by atoms with Crippen LogP contribution in [0.3, 0.4) is 0 Å². The number of benzene rings is 1. The van der Waals surface area contributed by atoms with Crippen molar-refractivity contribution in [3.63, 3.8) is 0 Å². The third-order valence-electron chi connectivity index (χ3n) is 3.59. The molecule has 1 fully saturated rings. The van der Waals surface area contributed by atoms with Crippen LogP contribution in [-0.2, 0) is 4.74 Å². The van der Waals surface area contributed by atoms with Gasteiger partial charge in [0, 0.05) is 18.1 Å². The molecule has 2 aromatic rings. The first-order chi connectivity index (χ1) is 10.1. The third kappa shape index (κ3) is 2.93. The van der Waals surface area contributed by atoms with Gasteiger partial charge in [-0.15, -0.1) is 5.10 Å². The molecule has 0 bridgehead atoms. The van der Waals surface area contributed by atoms with Gasteiger partial charge in [0.1, 0.15) is 0 Å². The highest BCUT2D eigenvalue weighted by molar-refractivity contribution is 5.81. The minimum Gasteiger partial charge on any atom is -0.356 e. The van der Waals surface area contributed by atoms with E-state index in [1.165, 1.54) is 0 Å². The molecular formula is C17H19FN2O. The summed E-state index contributed by atoms with van der Waals surface area (Å²) in [7, 11) is 0. The van der Waals surface area contributed by atoms with Crippen LogP contribution in [0.1, 0.15) is 44.9 Å². The molecule has 1 saturated heterocycles. The summed E-state index contributed by atoms with van der Waals surface area (Å²) in [5.41, 5.74) is 1.59. The molecule has 0 N–H and O–H groups in total. The molecule has 0 saturated carbocycles. The van der Waals surface area contributed by atoms with E-state index in [1.54, 1.807) is 10.7 Å². The van der Waals surface area contributed by atoms with E-state index in [2.05, 4.69) is 16.9 Å². The van der Waals surface area contributed by atoms with Crippen LogP contribution in [0.2, 0.25) is 0 Å². The number of nitrogens with zero attached hydrogens (tertiary/aromatic N) is 2. The van der Waals surface area contributed by atoms with Gasteiger partial charge in [-0.2, -0.15) is 4.39 Å². The lowest BCUT2D eigenvalue weighted by Gasteiger charge is -2.23. The Kier molecular flexibility index (Phi) is 3.94. The lowest BCUT2D eigenvalue weighted by atomic mass is 10.1. The van der Waals surface area contributed by atoms with Crippen molar-refractivity contribution < 1.29 is 9.13 Å². The summed E-state index contributed by atoms with van der Waals surface area (Å²) in [6, 6.07) is 5.57. The fourth-order valence-electron chi connectivity index (χ4n) is 2.54. The standard InChI is InChI=1S/C17H19FN2O/c1-12(2)6-7-13-8-9-15-14(11-13)17(18)19-20(15)16-5-3-4-10-21-16/h8-9,11-12,16H,3-5,10H2,1-2H3. The molecule has 0 spiro atoms. The highest BCUT2D eigenvalue weighted by Crippen LogP contribution is 2.28. The first kappa shape index (κ1) is 14.1. The minimum absolute atomic E-state index is 0.154. The van der Waals surface area contributed by atoms with Crippen LogP contribution < -0.4 is 0 Å². The SMILES string of the molecule is CC(C)C#Cc1ccc2c(c1)c(F)nn2C1CCCCO1. The van der Waals surface area contributed by atoms with Crippen LogP contribution >= 0.6 is 0 Å². The van der Waals surface area contributed by atoms with Crippen molar-refractivity contribution in [1.82, 2.24) is 9.78 Å². The molecule has 0 aliphatic carbocycles. The summed E-state index contributed by atoms with van der Waals surface area (Å²) in [5.74, 6) is 6.00. The van der Waals surface area contributed by atoms with E-state index in [-0.39, 0.29) is 6.23 Å². The molecule has 2 heterocycles. The molecule has 1 aliphatic heterocycles. The summed E-state index contributed by atoms with van der Waals surface area (Å²) < 4.78 is 21.5. The van der Waals surface area contributed by atoms with Crippen LogP contribution in [0.25, 0.3) is 10.9 Å². The van der Waals surface area contributed by atoms with Gasteiger partial charge in [0.25, 0.3) is 0 Å². The van der Waals surface area contributed by atoms with Gasteiger partial charge in [-0.1, -0.05) is 25.7 Å². The van der Waals surface area contributed by atoms with Crippen molar-refractivity contribution in [2.75, 3.05) is 6.61 Å². The number of hydrogen-bond acceptors (Lipinski definition) is 2. The molecule has 110 valence electrons. The highest BCUT2D eigenvalue weighted by Gasteiger charge is 2.21. The molecule has 4 heteroatoms. The number of rotatable bonds is 1. The van der Waals surface area contributed by atoms with Gasteiger partial charge in [0.15, 0.2) is 6.23 Å². The van der Waals surface area contributed by atoms with Gasteiger partial charge < -0.3 is 4.74 Å². The smallest absolute Gasteiger partial charge is 0.240 e. The van der Waals surface area contributed by atoms with Crippen LogP contribution in [0.15, 0.2) is 18.2 Å². The summed E-state index contributed by atoms with van der Waals surface area (Å²) in [5, 5.41) is 4.54. The first-order valence-corrected chi connectivity index (χ1v) is 7.46. The van der Waals surface area contributed by atoms with Gasteiger partial charge in [-0.25, -0.2) is 4.68 Å². The van der Waals surface area contributed by atoms with E-state index >= 15 is 0 Å². The third-order valence-corrected chi connectivity index (χ3v) is 3.59. The predicted molar refractivity (Wildman–Crippen MR) is 80.2 cm³/mol. The Morgan fingerprint density at radius 2 is 2.24 bits per heavy atom.